The van der Waals surface area contributed by atoms with E-state index in [1.807, 2.05) is 0 Å². The van der Waals surface area contributed by atoms with Gasteiger partial charge in [0.1, 0.15) is 0 Å². The van der Waals surface area contributed by atoms with E-state index in [1.165, 1.54) is 0 Å². The zero-order chi connectivity index (χ0) is 5.70. The number of carboxylic acid groups (broad SMARTS) is 1. The second kappa shape index (κ2) is 6.91. The Labute approximate surface area is 57.4 Å². The van der Waals surface area contributed by atoms with Crippen LogP contribution in [-0.2, 0) is 21.9 Å². The minimum atomic E-state index is -0.964. The molecule has 0 aromatic heterocycles. The Hall–Kier alpha value is -0.0905. The van der Waals surface area contributed by atoms with Crippen molar-refractivity contribution in [2.24, 2.45) is 0 Å². The van der Waals surface area contributed by atoms with Gasteiger partial charge in [-0.25, -0.2) is 0 Å². The van der Waals surface area contributed by atoms with E-state index in [0.29, 0.717) is 0 Å². The molecule has 5 heteroatoms. The van der Waals surface area contributed by atoms with Crippen LogP contribution >= 0.6 is 0 Å². The van der Waals surface area contributed by atoms with Gasteiger partial charge in [0.05, 0.1) is 13.3 Å². The molecule has 0 rings (SSSR count). The van der Waals surface area contributed by atoms with Crippen molar-refractivity contribution < 1.29 is 32.1 Å². The van der Waals surface area contributed by atoms with Crippen molar-refractivity contribution in [2.75, 3.05) is 13.3 Å². The van der Waals surface area contributed by atoms with Crippen LogP contribution in [0.4, 0.5) is 0 Å². The third-order valence-electron chi connectivity index (χ3n) is 0.388. The number of nitrogens with one attached hydrogen (secondary N) is 1. The summed E-state index contributed by atoms with van der Waals surface area (Å²) in [6, 6.07) is 0. The second-order valence-corrected chi connectivity index (χ2v) is 0.979. The molecule has 0 atom stereocenters. The molecule has 8 heavy (non-hydrogen) atoms. The van der Waals surface area contributed by atoms with Gasteiger partial charge in [0.2, 0.25) is 0 Å². The molecule has 4 nitrogen and oxygen atoms in total. The summed E-state index contributed by atoms with van der Waals surface area (Å²) in [7, 11) is 0. The van der Waals surface area contributed by atoms with Crippen LogP contribution in [0.5, 0.6) is 0 Å². The fourth-order valence-corrected chi connectivity index (χ4v) is 0.163. The molecule has 1 radical (unpaired) electrons. The van der Waals surface area contributed by atoms with E-state index < -0.39 is 5.97 Å². The Morgan fingerprint density at radius 3 is 2.25 bits per heavy atom. The molecule has 0 fully saturated rings. The normalized spacial score (nSPS) is 7.62. The van der Waals surface area contributed by atoms with E-state index in [0.717, 1.165) is 0 Å². The summed E-state index contributed by atoms with van der Waals surface area (Å²) in [5, 5.41) is 18.0. The van der Waals surface area contributed by atoms with Gasteiger partial charge < -0.3 is 10.2 Å². The molecular formula is C3H7CuNO3. The first kappa shape index (κ1) is 10.8. The maximum atomic E-state index is 9.58. The predicted molar refractivity (Wildman–Crippen MR) is 22.7 cm³/mol. The summed E-state index contributed by atoms with van der Waals surface area (Å²) in [4.78, 5) is 9.58. The van der Waals surface area contributed by atoms with Crippen molar-refractivity contribution in [1.82, 2.24) is 5.32 Å². The maximum Gasteiger partial charge on any atom is 0.317 e. The van der Waals surface area contributed by atoms with Crippen LogP contribution in [0.3, 0.4) is 0 Å². The zero-order valence-electron chi connectivity index (χ0n) is 4.02. The Morgan fingerprint density at radius 2 is 2.12 bits per heavy atom. The Morgan fingerprint density at radius 1 is 1.62 bits per heavy atom. The van der Waals surface area contributed by atoms with Crippen LogP contribution in [0.25, 0.3) is 0 Å². The number of rotatable bonds is 3. The van der Waals surface area contributed by atoms with Crippen LogP contribution in [0.2, 0.25) is 0 Å². The molecule has 0 aliphatic rings. The third kappa shape index (κ3) is 9.32. The Balaban J connectivity index is 0. The van der Waals surface area contributed by atoms with E-state index in [2.05, 4.69) is 5.32 Å². The summed E-state index contributed by atoms with van der Waals surface area (Å²) in [6.07, 6.45) is 0. The molecule has 0 saturated carbocycles. The number of aliphatic hydroxyl groups is 1. The van der Waals surface area contributed by atoms with Crippen LogP contribution in [-0.4, -0.2) is 29.5 Å². The van der Waals surface area contributed by atoms with Crippen LogP contribution < -0.4 is 5.32 Å². The Bertz CT molecular complexity index is 67.5. The van der Waals surface area contributed by atoms with Gasteiger partial charge in [0.15, 0.2) is 0 Å². The molecule has 0 spiro atoms. The molecule has 0 amide bonds. The monoisotopic (exact) mass is 168 g/mol. The third-order valence-corrected chi connectivity index (χ3v) is 0.388. The van der Waals surface area contributed by atoms with Gasteiger partial charge in [0.25, 0.3) is 0 Å². The van der Waals surface area contributed by atoms with Gasteiger partial charge in [-0.2, -0.15) is 0 Å². The van der Waals surface area contributed by atoms with Gasteiger partial charge in [-0.15, -0.1) is 0 Å². The van der Waals surface area contributed by atoms with Gasteiger partial charge in [-0.05, 0) is 0 Å². The average Bonchev–Trinajstić information content (AvgIpc) is 1.61. The number of aliphatic carboxylic acids is 1. The molecule has 53 valence electrons. The molecule has 0 aromatic rings. The first-order valence-corrected chi connectivity index (χ1v) is 1.80. The smallest absolute Gasteiger partial charge is 0.317 e. The van der Waals surface area contributed by atoms with E-state index in [-0.39, 0.29) is 30.3 Å². The van der Waals surface area contributed by atoms with E-state index in [4.69, 9.17) is 10.2 Å². The van der Waals surface area contributed by atoms with Crippen LogP contribution in [0.1, 0.15) is 0 Å². The van der Waals surface area contributed by atoms with Crippen molar-refractivity contribution in [3.63, 3.8) is 0 Å². The van der Waals surface area contributed by atoms with Gasteiger partial charge in [-0.3, -0.25) is 10.1 Å². The van der Waals surface area contributed by atoms with Crippen LogP contribution in [0.15, 0.2) is 0 Å². The largest absolute Gasteiger partial charge is 0.480 e. The summed E-state index contributed by atoms with van der Waals surface area (Å²) in [6.45, 7) is -0.469. The molecule has 0 heterocycles. The van der Waals surface area contributed by atoms with Crippen molar-refractivity contribution in [1.29, 1.82) is 0 Å². The molecule has 0 aliphatic heterocycles. The average molecular weight is 169 g/mol. The number of carboxylic acids is 1. The molecule has 3 N–H and O–H groups in total. The molecule has 0 unspecified atom stereocenters. The quantitative estimate of drug-likeness (QED) is 0.359. The van der Waals surface area contributed by atoms with Crippen molar-refractivity contribution in [2.45, 2.75) is 0 Å². The standard InChI is InChI=1S/C3H7NO3.Cu/c5-2-4-1-3(6)7;/h4-5H,1-2H2,(H,6,7);. The summed E-state index contributed by atoms with van der Waals surface area (Å²) in [5.74, 6) is -0.964. The predicted octanol–water partition coefficient (Wildman–Crippen LogP) is -1.39. The van der Waals surface area contributed by atoms with E-state index in [1.54, 1.807) is 0 Å². The molecule has 0 saturated heterocycles. The van der Waals surface area contributed by atoms with Crippen LogP contribution in [0, 0.1) is 0 Å². The van der Waals surface area contributed by atoms with Gasteiger partial charge in [-0.1, -0.05) is 0 Å². The SMILES string of the molecule is O=C(O)CNCO.[Cu]. The van der Waals surface area contributed by atoms with Crippen molar-refractivity contribution in [3.05, 3.63) is 0 Å². The second-order valence-electron chi connectivity index (χ2n) is 0.979. The fraction of sp³-hybridized carbons (Fsp3) is 0.667. The molecule has 0 aromatic carbocycles. The summed E-state index contributed by atoms with van der Waals surface area (Å²) in [5.41, 5.74) is 0. The number of aliphatic hydroxyl groups excluding tert-OH is 1. The minimum Gasteiger partial charge on any atom is -0.480 e. The van der Waals surface area contributed by atoms with Gasteiger partial charge in [0, 0.05) is 17.1 Å². The minimum absolute atomic E-state index is 0. The topological polar surface area (TPSA) is 69.6 Å². The van der Waals surface area contributed by atoms with Gasteiger partial charge >= 0.3 is 5.97 Å². The molecule has 0 aliphatic carbocycles. The fourth-order valence-electron chi connectivity index (χ4n) is 0.163. The van der Waals surface area contributed by atoms with E-state index in [9.17, 15) is 4.79 Å². The van der Waals surface area contributed by atoms with Crippen molar-refractivity contribution in [3.8, 4) is 0 Å². The molecular weight excluding hydrogens is 162 g/mol. The Kier molecular flexibility index (Phi) is 9.34. The number of hydrogen-bond donors (Lipinski definition) is 3. The maximum absolute atomic E-state index is 9.58. The van der Waals surface area contributed by atoms with Crippen molar-refractivity contribution >= 4 is 5.97 Å². The first-order chi connectivity index (χ1) is 3.27. The summed E-state index contributed by atoms with van der Waals surface area (Å²) < 4.78 is 0. The van der Waals surface area contributed by atoms with E-state index >= 15 is 0 Å². The zero-order valence-corrected chi connectivity index (χ0v) is 4.96. The first-order valence-electron chi connectivity index (χ1n) is 1.80. The summed E-state index contributed by atoms with van der Waals surface area (Å²) >= 11 is 0. The number of hydrogen-bond acceptors (Lipinski definition) is 3. The number of carbonyl (C=O) groups is 1. The molecule has 0 bridgehead atoms.